The average Bonchev–Trinajstić information content (AvgIpc) is 2.36. The van der Waals surface area contributed by atoms with E-state index >= 15 is 0 Å². The van der Waals surface area contributed by atoms with Gasteiger partial charge in [-0.3, -0.25) is 9.88 Å². The van der Waals surface area contributed by atoms with Crippen molar-refractivity contribution in [1.29, 1.82) is 0 Å². The Morgan fingerprint density at radius 1 is 1.28 bits per heavy atom. The van der Waals surface area contributed by atoms with Gasteiger partial charge in [-0.15, -0.1) is 0 Å². The van der Waals surface area contributed by atoms with Gasteiger partial charge >= 0.3 is 0 Å². The predicted molar refractivity (Wildman–Crippen MR) is 74.2 cm³/mol. The summed E-state index contributed by atoms with van der Waals surface area (Å²) in [6.45, 7) is 3.31. The number of unbranched alkanes of at least 4 members (excludes halogenated alkanes) is 2. The van der Waals surface area contributed by atoms with Gasteiger partial charge in [-0.05, 0) is 57.5 Å². The molecule has 3 N–H and O–H groups in total. The molecule has 0 fully saturated rings. The van der Waals surface area contributed by atoms with Crippen molar-refractivity contribution in [2.45, 2.75) is 38.3 Å². The Hall–Kier alpha value is -0.970. The van der Waals surface area contributed by atoms with Gasteiger partial charge in [-0.2, -0.15) is 0 Å². The van der Waals surface area contributed by atoms with E-state index < -0.39 is 0 Å². The summed E-state index contributed by atoms with van der Waals surface area (Å²) >= 11 is 0. The van der Waals surface area contributed by atoms with Gasteiger partial charge in [-0.1, -0.05) is 0 Å². The first-order valence-corrected chi connectivity index (χ1v) is 6.63. The highest BCUT2D eigenvalue weighted by molar-refractivity contribution is 5.16. The predicted octanol–water partition coefficient (Wildman–Crippen LogP) is 1.56. The first-order chi connectivity index (χ1) is 8.66. The second-order valence-electron chi connectivity index (χ2n) is 4.85. The Morgan fingerprint density at radius 2 is 1.94 bits per heavy atom. The normalized spacial score (nSPS) is 14.7. The van der Waals surface area contributed by atoms with Crippen molar-refractivity contribution in [1.82, 2.24) is 9.88 Å². The summed E-state index contributed by atoms with van der Waals surface area (Å²) in [6.07, 6.45) is 6.65. The summed E-state index contributed by atoms with van der Waals surface area (Å²) in [5.41, 5.74) is 7.31. The highest BCUT2D eigenvalue weighted by Crippen LogP contribution is 2.21. The minimum Gasteiger partial charge on any atom is -0.396 e. The molecule has 0 radical (unpaired) electrons. The molecule has 0 amide bonds. The van der Waals surface area contributed by atoms with Crippen LogP contribution in [0.4, 0.5) is 0 Å². The third-order valence-corrected chi connectivity index (χ3v) is 3.19. The molecule has 102 valence electrons. The van der Waals surface area contributed by atoms with Crippen molar-refractivity contribution >= 4 is 0 Å². The average molecular weight is 251 g/mol. The summed E-state index contributed by atoms with van der Waals surface area (Å²) in [7, 11) is 2.10. The topological polar surface area (TPSA) is 62.4 Å². The van der Waals surface area contributed by atoms with Crippen LogP contribution in [-0.2, 0) is 0 Å². The van der Waals surface area contributed by atoms with E-state index in [1.807, 2.05) is 31.5 Å². The van der Waals surface area contributed by atoms with Crippen LogP contribution in [0.1, 0.15) is 37.8 Å². The zero-order valence-corrected chi connectivity index (χ0v) is 11.4. The fourth-order valence-corrected chi connectivity index (χ4v) is 2.31. The molecule has 0 saturated heterocycles. The SMILES string of the molecule is CC(N)C(c1ccncc1)N(C)CCCCCO. The number of aliphatic hydroxyl groups is 1. The lowest BCUT2D eigenvalue weighted by Gasteiger charge is -2.31. The molecule has 1 rings (SSSR count). The molecular formula is C14H25N3O. The fraction of sp³-hybridized carbons (Fsp3) is 0.643. The summed E-state index contributed by atoms with van der Waals surface area (Å²) in [4.78, 5) is 6.33. The monoisotopic (exact) mass is 251 g/mol. The molecule has 1 aromatic heterocycles. The van der Waals surface area contributed by atoms with E-state index in [0.717, 1.165) is 25.8 Å². The molecule has 4 heteroatoms. The van der Waals surface area contributed by atoms with Crippen LogP contribution in [0.2, 0.25) is 0 Å². The molecule has 4 nitrogen and oxygen atoms in total. The second-order valence-corrected chi connectivity index (χ2v) is 4.85. The maximum absolute atomic E-state index is 8.77. The van der Waals surface area contributed by atoms with E-state index in [9.17, 15) is 0 Å². The maximum atomic E-state index is 8.77. The van der Waals surface area contributed by atoms with Gasteiger partial charge in [0.15, 0.2) is 0 Å². The van der Waals surface area contributed by atoms with Crippen molar-refractivity contribution in [3.8, 4) is 0 Å². The largest absolute Gasteiger partial charge is 0.396 e. The lowest BCUT2D eigenvalue weighted by molar-refractivity contribution is 0.210. The van der Waals surface area contributed by atoms with E-state index in [1.54, 1.807) is 0 Å². The van der Waals surface area contributed by atoms with E-state index in [1.165, 1.54) is 5.56 Å². The number of nitrogens with zero attached hydrogens (tertiary/aromatic N) is 2. The first kappa shape index (κ1) is 15.1. The van der Waals surface area contributed by atoms with Crippen LogP contribution in [0.25, 0.3) is 0 Å². The molecule has 0 aromatic carbocycles. The summed E-state index contributed by atoms with van der Waals surface area (Å²) in [5.74, 6) is 0. The highest BCUT2D eigenvalue weighted by atomic mass is 16.2. The Morgan fingerprint density at radius 3 is 2.50 bits per heavy atom. The molecule has 2 unspecified atom stereocenters. The molecule has 0 aliphatic carbocycles. The lowest BCUT2D eigenvalue weighted by Crippen LogP contribution is -2.37. The lowest BCUT2D eigenvalue weighted by atomic mass is 10.0. The molecule has 0 aliphatic rings. The minimum atomic E-state index is 0.0789. The van der Waals surface area contributed by atoms with E-state index in [4.69, 9.17) is 10.8 Å². The number of rotatable bonds is 8. The van der Waals surface area contributed by atoms with Crippen LogP contribution in [-0.4, -0.2) is 41.2 Å². The van der Waals surface area contributed by atoms with Crippen molar-refractivity contribution in [3.05, 3.63) is 30.1 Å². The van der Waals surface area contributed by atoms with Gasteiger partial charge in [0.2, 0.25) is 0 Å². The van der Waals surface area contributed by atoms with Gasteiger partial charge in [0.25, 0.3) is 0 Å². The van der Waals surface area contributed by atoms with Crippen LogP contribution < -0.4 is 5.73 Å². The summed E-state index contributed by atoms with van der Waals surface area (Å²) in [5, 5.41) is 8.77. The second kappa shape index (κ2) is 8.19. The van der Waals surface area contributed by atoms with Gasteiger partial charge < -0.3 is 10.8 Å². The maximum Gasteiger partial charge on any atom is 0.0494 e. The molecule has 0 aliphatic heterocycles. The molecule has 2 atom stereocenters. The van der Waals surface area contributed by atoms with Crippen LogP contribution >= 0.6 is 0 Å². The number of hydrogen-bond donors (Lipinski definition) is 2. The third kappa shape index (κ3) is 4.72. The molecule has 1 aromatic rings. The number of likely N-dealkylation sites (N-methyl/N-ethyl adjacent to an activating group) is 1. The number of aromatic nitrogens is 1. The van der Waals surface area contributed by atoms with Crippen molar-refractivity contribution in [2.75, 3.05) is 20.2 Å². The number of aliphatic hydroxyl groups excluding tert-OH is 1. The number of pyridine rings is 1. The van der Waals surface area contributed by atoms with Crippen LogP contribution in [0.3, 0.4) is 0 Å². The molecule has 0 bridgehead atoms. The van der Waals surface area contributed by atoms with E-state index in [0.29, 0.717) is 0 Å². The highest BCUT2D eigenvalue weighted by Gasteiger charge is 2.20. The standard InChI is InChI=1S/C14H25N3O/c1-12(15)14(13-6-8-16-9-7-13)17(2)10-4-3-5-11-18/h6-9,12,14,18H,3-5,10-11,15H2,1-2H3. The Kier molecular flexibility index (Phi) is 6.86. The van der Waals surface area contributed by atoms with Crippen LogP contribution in [0.15, 0.2) is 24.5 Å². The molecule has 0 saturated carbocycles. The minimum absolute atomic E-state index is 0.0789. The summed E-state index contributed by atoms with van der Waals surface area (Å²) < 4.78 is 0. The zero-order chi connectivity index (χ0) is 13.4. The summed E-state index contributed by atoms with van der Waals surface area (Å²) in [6, 6.07) is 4.36. The van der Waals surface area contributed by atoms with Crippen molar-refractivity contribution in [3.63, 3.8) is 0 Å². The van der Waals surface area contributed by atoms with Crippen LogP contribution in [0, 0.1) is 0 Å². The van der Waals surface area contributed by atoms with Gasteiger partial charge in [0.1, 0.15) is 0 Å². The van der Waals surface area contributed by atoms with Crippen molar-refractivity contribution < 1.29 is 5.11 Å². The quantitative estimate of drug-likeness (QED) is 0.688. The Balaban J connectivity index is 2.57. The zero-order valence-electron chi connectivity index (χ0n) is 11.4. The smallest absolute Gasteiger partial charge is 0.0494 e. The van der Waals surface area contributed by atoms with E-state index in [2.05, 4.69) is 16.9 Å². The fourth-order valence-electron chi connectivity index (χ4n) is 2.31. The van der Waals surface area contributed by atoms with Gasteiger partial charge in [0.05, 0.1) is 0 Å². The van der Waals surface area contributed by atoms with Gasteiger partial charge in [0, 0.05) is 31.1 Å². The third-order valence-electron chi connectivity index (χ3n) is 3.19. The Bertz CT molecular complexity index is 316. The van der Waals surface area contributed by atoms with E-state index in [-0.39, 0.29) is 18.7 Å². The number of hydrogen-bond acceptors (Lipinski definition) is 4. The number of nitrogens with two attached hydrogens (primary N) is 1. The van der Waals surface area contributed by atoms with Crippen LogP contribution in [0.5, 0.6) is 0 Å². The molecule has 0 spiro atoms. The molecule has 1 heterocycles. The Labute approximate surface area is 110 Å². The van der Waals surface area contributed by atoms with Gasteiger partial charge in [-0.25, -0.2) is 0 Å². The van der Waals surface area contributed by atoms with Crippen molar-refractivity contribution in [2.24, 2.45) is 5.73 Å². The first-order valence-electron chi connectivity index (χ1n) is 6.63. The molecular weight excluding hydrogens is 226 g/mol. The molecule has 18 heavy (non-hydrogen) atoms.